The van der Waals surface area contributed by atoms with Gasteiger partial charge in [-0.15, -0.1) is 0 Å². The summed E-state index contributed by atoms with van der Waals surface area (Å²) in [5.41, 5.74) is 16.2. The molecule has 3 nitrogen and oxygen atoms in total. The molecular weight excluding hydrogens is 655 g/mol. The monoisotopic (exact) mass is 693 g/mol. The van der Waals surface area contributed by atoms with E-state index in [0.717, 1.165) is 17.1 Å². The first-order valence-corrected chi connectivity index (χ1v) is 19.0. The Labute approximate surface area is 316 Å². The number of allylic oxidation sites excluding steroid dienone is 2. The summed E-state index contributed by atoms with van der Waals surface area (Å²) < 4.78 is 2.39. The highest BCUT2D eigenvalue weighted by atomic mass is 15.2. The fourth-order valence-electron chi connectivity index (χ4n) is 9.59. The summed E-state index contributed by atoms with van der Waals surface area (Å²) in [5.74, 6) is 0.256. The maximum absolute atomic E-state index is 2.51. The van der Waals surface area contributed by atoms with Gasteiger partial charge in [0.2, 0.25) is 0 Å². The Kier molecular flexibility index (Phi) is 6.72. The summed E-state index contributed by atoms with van der Waals surface area (Å²) in [6.45, 7) is 4.74. The first-order valence-electron chi connectivity index (χ1n) is 19.0. The molecule has 0 spiro atoms. The van der Waals surface area contributed by atoms with Gasteiger partial charge >= 0.3 is 0 Å². The van der Waals surface area contributed by atoms with Gasteiger partial charge in [0.1, 0.15) is 0 Å². The molecule has 1 aromatic heterocycles. The Morgan fingerprint density at radius 1 is 0.500 bits per heavy atom. The number of aromatic nitrogens is 1. The minimum absolute atomic E-state index is 0.110. The van der Waals surface area contributed by atoms with E-state index in [0.29, 0.717) is 0 Å². The van der Waals surface area contributed by atoms with Crippen LogP contribution in [0.25, 0.3) is 38.6 Å². The zero-order valence-corrected chi connectivity index (χ0v) is 30.4. The Balaban J connectivity index is 1.13. The zero-order valence-electron chi connectivity index (χ0n) is 30.4. The summed E-state index contributed by atoms with van der Waals surface area (Å²) in [5, 5.41) is 2.49. The van der Waals surface area contributed by atoms with Gasteiger partial charge in [0, 0.05) is 56.2 Å². The van der Waals surface area contributed by atoms with Crippen molar-refractivity contribution in [2.75, 3.05) is 9.80 Å². The van der Waals surface area contributed by atoms with Crippen molar-refractivity contribution in [3.63, 3.8) is 0 Å². The van der Waals surface area contributed by atoms with Gasteiger partial charge in [-0.2, -0.15) is 0 Å². The van der Waals surface area contributed by atoms with Crippen LogP contribution < -0.4 is 9.80 Å². The van der Waals surface area contributed by atoms with Crippen LogP contribution in [-0.2, 0) is 5.41 Å². The maximum atomic E-state index is 2.51. The maximum Gasteiger partial charge on any atom is 0.0629 e. The smallest absolute Gasteiger partial charge is 0.0629 e. The third-order valence-corrected chi connectivity index (χ3v) is 12.1. The van der Waals surface area contributed by atoms with Crippen LogP contribution in [0.5, 0.6) is 0 Å². The molecule has 3 aliphatic rings. The van der Waals surface area contributed by atoms with Crippen molar-refractivity contribution in [1.82, 2.24) is 4.57 Å². The van der Waals surface area contributed by atoms with Gasteiger partial charge in [0.05, 0.1) is 17.1 Å². The van der Waals surface area contributed by atoms with E-state index in [-0.39, 0.29) is 17.4 Å². The third kappa shape index (κ3) is 4.48. The number of fused-ring (bicyclic) bond motifs is 9. The van der Waals surface area contributed by atoms with Gasteiger partial charge in [-0.1, -0.05) is 123 Å². The number of nitrogens with zero attached hydrogens (tertiary/aromatic N) is 3. The lowest BCUT2D eigenvalue weighted by atomic mass is 9.82. The Bertz CT molecular complexity index is 2820. The molecule has 0 saturated heterocycles. The summed E-state index contributed by atoms with van der Waals surface area (Å²) in [4.78, 5) is 4.99. The molecule has 2 atom stereocenters. The van der Waals surface area contributed by atoms with Crippen LogP contribution in [0.2, 0.25) is 0 Å². The number of para-hydroxylation sites is 3. The molecule has 0 fully saturated rings. The van der Waals surface area contributed by atoms with Gasteiger partial charge in [0.25, 0.3) is 0 Å². The SMILES string of the molecule is CC1(C)c2ccccc2-c2ccc(N(c3ccc4c(c3)C3C=CC=CC3N4c3ccccc3)c3ccc4c(c3)c3ccccc3n4-c3ccccc3)cc21. The summed E-state index contributed by atoms with van der Waals surface area (Å²) in [6, 6.07) is 60.7. The van der Waals surface area contributed by atoms with Crippen LogP contribution in [0.15, 0.2) is 188 Å². The molecule has 0 saturated carbocycles. The molecule has 11 rings (SSSR count). The summed E-state index contributed by atoms with van der Waals surface area (Å²) in [7, 11) is 0. The van der Waals surface area contributed by atoms with E-state index in [1.165, 1.54) is 66.7 Å². The lowest BCUT2D eigenvalue weighted by Crippen LogP contribution is -2.28. The quantitative estimate of drug-likeness (QED) is 0.178. The summed E-state index contributed by atoms with van der Waals surface area (Å²) >= 11 is 0. The average molecular weight is 694 g/mol. The van der Waals surface area contributed by atoms with Crippen LogP contribution in [0, 0.1) is 0 Å². The lowest BCUT2D eigenvalue weighted by molar-refractivity contribution is 0.660. The van der Waals surface area contributed by atoms with Crippen LogP contribution in [0.3, 0.4) is 0 Å². The van der Waals surface area contributed by atoms with Crippen molar-refractivity contribution in [2.45, 2.75) is 31.2 Å². The van der Waals surface area contributed by atoms with Gasteiger partial charge in [0.15, 0.2) is 0 Å². The second-order valence-electron chi connectivity index (χ2n) is 15.4. The molecular formula is C51H39N3. The molecule has 0 bridgehead atoms. The molecule has 8 aromatic rings. The fraction of sp³-hybridized carbons (Fsp3) is 0.0980. The minimum atomic E-state index is -0.110. The number of anilines is 5. The van der Waals surface area contributed by atoms with Crippen molar-refractivity contribution in [2.24, 2.45) is 0 Å². The molecule has 1 aliphatic heterocycles. The predicted octanol–water partition coefficient (Wildman–Crippen LogP) is 13.3. The van der Waals surface area contributed by atoms with Crippen LogP contribution in [0.1, 0.15) is 36.5 Å². The van der Waals surface area contributed by atoms with Gasteiger partial charge in [-0.3, -0.25) is 0 Å². The highest BCUT2D eigenvalue weighted by molar-refractivity contribution is 6.10. The van der Waals surface area contributed by atoms with Crippen molar-refractivity contribution in [3.8, 4) is 16.8 Å². The van der Waals surface area contributed by atoms with E-state index < -0.39 is 0 Å². The summed E-state index contributed by atoms with van der Waals surface area (Å²) in [6.07, 6.45) is 9.13. The molecule has 7 aromatic carbocycles. The molecule has 258 valence electrons. The van der Waals surface area contributed by atoms with E-state index >= 15 is 0 Å². The van der Waals surface area contributed by atoms with E-state index in [9.17, 15) is 0 Å². The fourth-order valence-corrected chi connectivity index (χ4v) is 9.59. The lowest BCUT2D eigenvalue weighted by Gasteiger charge is -2.29. The molecule has 54 heavy (non-hydrogen) atoms. The first kappa shape index (κ1) is 31.0. The number of benzene rings is 7. The Morgan fingerprint density at radius 2 is 1.13 bits per heavy atom. The number of rotatable bonds is 5. The van der Waals surface area contributed by atoms with Crippen molar-refractivity contribution >= 4 is 50.2 Å². The molecule has 0 N–H and O–H groups in total. The molecule has 0 radical (unpaired) electrons. The molecule has 2 heterocycles. The van der Waals surface area contributed by atoms with E-state index in [2.05, 4.69) is 216 Å². The second kappa shape index (κ2) is 11.7. The van der Waals surface area contributed by atoms with Gasteiger partial charge in [-0.05, 0) is 107 Å². The Morgan fingerprint density at radius 3 is 1.98 bits per heavy atom. The van der Waals surface area contributed by atoms with Gasteiger partial charge in [-0.25, -0.2) is 0 Å². The predicted molar refractivity (Wildman–Crippen MR) is 226 cm³/mol. The van der Waals surface area contributed by atoms with Crippen LogP contribution >= 0.6 is 0 Å². The van der Waals surface area contributed by atoms with E-state index in [4.69, 9.17) is 0 Å². The van der Waals surface area contributed by atoms with Crippen molar-refractivity contribution in [1.29, 1.82) is 0 Å². The van der Waals surface area contributed by atoms with Crippen LogP contribution in [-0.4, -0.2) is 10.6 Å². The topological polar surface area (TPSA) is 11.4 Å². The van der Waals surface area contributed by atoms with Gasteiger partial charge < -0.3 is 14.4 Å². The average Bonchev–Trinajstić information content (AvgIpc) is 3.81. The zero-order chi connectivity index (χ0) is 36.0. The largest absolute Gasteiger partial charge is 0.333 e. The number of hydrogen-bond acceptors (Lipinski definition) is 2. The minimum Gasteiger partial charge on any atom is -0.333 e. The Hall–Kier alpha value is -6.58. The normalized spacial score (nSPS) is 17.4. The van der Waals surface area contributed by atoms with Crippen molar-refractivity contribution < 1.29 is 0 Å². The van der Waals surface area contributed by atoms with E-state index in [1.807, 2.05) is 0 Å². The van der Waals surface area contributed by atoms with Crippen molar-refractivity contribution in [3.05, 3.63) is 205 Å². The first-order chi connectivity index (χ1) is 26.6. The number of hydrogen-bond donors (Lipinski definition) is 0. The highest BCUT2D eigenvalue weighted by Crippen LogP contribution is 2.53. The molecule has 2 unspecified atom stereocenters. The third-order valence-electron chi connectivity index (χ3n) is 12.1. The van der Waals surface area contributed by atoms with E-state index in [1.54, 1.807) is 0 Å². The highest BCUT2D eigenvalue weighted by Gasteiger charge is 2.39. The molecule has 2 aliphatic carbocycles. The second-order valence-corrected chi connectivity index (χ2v) is 15.4. The molecule has 0 amide bonds. The van der Waals surface area contributed by atoms with Crippen LogP contribution in [0.4, 0.5) is 28.4 Å². The molecule has 3 heteroatoms. The standard InChI is InChI=1S/C51H39N3/c1-51(2)45-22-12-9-19-39(45)40-28-25-38(33-46(40)51)52(36-26-29-49-43(31-36)41-20-10-13-23-47(41)53(49)34-15-5-3-6-16-34)37-27-30-50-44(32-37)42-21-11-14-24-48(42)54(50)35-17-7-4-8-18-35/h3-33,41,47H,1-2H3.